The first-order valence-electron chi connectivity index (χ1n) is 7.79. The number of aliphatic hydroxyl groups excluding tert-OH is 1. The summed E-state index contributed by atoms with van der Waals surface area (Å²) in [5.41, 5.74) is 1.04. The summed E-state index contributed by atoms with van der Waals surface area (Å²) in [6.07, 6.45) is -0.754. The van der Waals surface area contributed by atoms with Gasteiger partial charge in [-0.25, -0.2) is 0 Å². The fraction of sp³-hybridized carbons (Fsp3) is 0.588. The van der Waals surface area contributed by atoms with Gasteiger partial charge >= 0.3 is 0 Å². The van der Waals surface area contributed by atoms with Gasteiger partial charge in [0.25, 0.3) is 0 Å². The van der Waals surface area contributed by atoms with E-state index in [0.717, 1.165) is 5.56 Å². The highest BCUT2D eigenvalue weighted by Gasteiger charge is 2.43. The van der Waals surface area contributed by atoms with Gasteiger partial charge in [0.2, 0.25) is 5.91 Å². The van der Waals surface area contributed by atoms with Crippen LogP contribution in [-0.2, 0) is 20.9 Å². The molecular weight excluding hydrogens is 282 g/mol. The van der Waals surface area contributed by atoms with Crippen LogP contribution in [-0.4, -0.2) is 35.6 Å². The zero-order valence-electron chi connectivity index (χ0n) is 13.4. The first kappa shape index (κ1) is 16.9. The fourth-order valence-corrected chi connectivity index (χ4v) is 2.80. The van der Waals surface area contributed by atoms with Crippen LogP contribution in [0.25, 0.3) is 0 Å². The maximum Gasteiger partial charge on any atom is 0.217 e. The van der Waals surface area contributed by atoms with Crippen LogP contribution in [0, 0.1) is 5.92 Å². The molecule has 0 aliphatic carbocycles. The molecule has 0 aromatic heterocycles. The fourth-order valence-electron chi connectivity index (χ4n) is 2.80. The van der Waals surface area contributed by atoms with Gasteiger partial charge in [-0.05, 0) is 12.0 Å². The summed E-state index contributed by atoms with van der Waals surface area (Å²) in [5.74, 6) is -0.292. The highest BCUT2D eigenvalue weighted by molar-refractivity contribution is 5.73. The molecule has 2 unspecified atom stereocenters. The van der Waals surface area contributed by atoms with Crippen LogP contribution >= 0.6 is 0 Å². The Morgan fingerprint density at radius 2 is 2.05 bits per heavy atom. The van der Waals surface area contributed by atoms with Gasteiger partial charge in [-0.1, -0.05) is 44.2 Å². The summed E-state index contributed by atoms with van der Waals surface area (Å²) in [5, 5.41) is 13.1. The first-order valence-corrected chi connectivity index (χ1v) is 7.79. The van der Waals surface area contributed by atoms with Gasteiger partial charge in [0.1, 0.15) is 0 Å². The van der Waals surface area contributed by atoms with Gasteiger partial charge < -0.3 is 19.9 Å². The lowest BCUT2D eigenvalue weighted by atomic mass is 9.87. The molecule has 5 heteroatoms. The highest BCUT2D eigenvalue weighted by Crippen LogP contribution is 2.28. The van der Waals surface area contributed by atoms with Crippen molar-refractivity contribution in [2.45, 2.75) is 58.3 Å². The molecule has 0 radical (unpaired) electrons. The summed E-state index contributed by atoms with van der Waals surface area (Å²) in [7, 11) is 0. The molecule has 5 nitrogen and oxygen atoms in total. The number of ether oxygens (including phenoxy) is 2. The summed E-state index contributed by atoms with van der Waals surface area (Å²) in [6.45, 7) is 5.74. The smallest absolute Gasteiger partial charge is 0.217 e. The molecule has 5 atom stereocenters. The van der Waals surface area contributed by atoms with Crippen molar-refractivity contribution in [3.05, 3.63) is 35.9 Å². The lowest BCUT2D eigenvalue weighted by Gasteiger charge is -2.43. The molecule has 2 N–H and O–H groups in total. The minimum Gasteiger partial charge on any atom is -0.390 e. The zero-order valence-corrected chi connectivity index (χ0v) is 13.4. The molecule has 122 valence electrons. The number of benzene rings is 1. The third-order valence-corrected chi connectivity index (χ3v) is 4.12. The van der Waals surface area contributed by atoms with Crippen molar-refractivity contribution < 1.29 is 19.4 Å². The van der Waals surface area contributed by atoms with Crippen molar-refractivity contribution >= 4 is 5.91 Å². The van der Waals surface area contributed by atoms with Crippen LogP contribution in [0.15, 0.2) is 30.3 Å². The Morgan fingerprint density at radius 3 is 2.64 bits per heavy atom. The number of hydrogen-bond donors (Lipinski definition) is 2. The van der Waals surface area contributed by atoms with Crippen molar-refractivity contribution in [1.82, 2.24) is 5.32 Å². The van der Waals surface area contributed by atoms with E-state index in [1.807, 2.05) is 44.2 Å². The molecule has 0 spiro atoms. The van der Waals surface area contributed by atoms with E-state index < -0.39 is 12.4 Å². The van der Waals surface area contributed by atoms with Crippen molar-refractivity contribution in [3.8, 4) is 0 Å². The largest absolute Gasteiger partial charge is 0.390 e. The Bertz CT molecular complexity index is 479. The quantitative estimate of drug-likeness (QED) is 0.871. The van der Waals surface area contributed by atoms with Crippen LogP contribution in [0.1, 0.15) is 32.8 Å². The highest BCUT2D eigenvalue weighted by atomic mass is 16.7. The Balaban J connectivity index is 2.07. The molecule has 0 bridgehead atoms. The van der Waals surface area contributed by atoms with Gasteiger partial charge in [0.05, 0.1) is 24.9 Å². The Morgan fingerprint density at radius 1 is 1.36 bits per heavy atom. The molecule has 1 aromatic rings. The Hall–Kier alpha value is -1.43. The predicted octanol–water partition coefficient (Wildman–Crippen LogP) is 1.84. The Labute approximate surface area is 131 Å². The lowest BCUT2D eigenvalue weighted by molar-refractivity contribution is -0.255. The van der Waals surface area contributed by atoms with Crippen LogP contribution in [0.5, 0.6) is 0 Å². The van der Waals surface area contributed by atoms with E-state index in [1.54, 1.807) is 0 Å². The molecule has 0 saturated carbocycles. The summed E-state index contributed by atoms with van der Waals surface area (Å²) < 4.78 is 11.8. The first-order chi connectivity index (χ1) is 10.5. The predicted molar refractivity (Wildman–Crippen MR) is 83.0 cm³/mol. The number of nitrogens with one attached hydrogen (secondary N) is 1. The third-order valence-electron chi connectivity index (χ3n) is 4.12. The van der Waals surface area contributed by atoms with E-state index >= 15 is 0 Å². The molecule has 1 fully saturated rings. The Kier molecular flexibility index (Phi) is 5.94. The summed E-state index contributed by atoms with van der Waals surface area (Å²) >= 11 is 0. The van der Waals surface area contributed by atoms with E-state index in [2.05, 4.69) is 5.32 Å². The van der Waals surface area contributed by atoms with E-state index in [9.17, 15) is 9.90 Å². The number of carbonyl (C=O) groups is 1. The number of amides is 1. The van der Waals surface area contributed by atoms with Crippen molar-refractivity contribution in [3.63, 3.8) is 0 Å². The normalized spacial score (nSPS) is 31.7. The van der Waals surface area contributed by atoms with Crippen molar-refractivity contribution in [2.75, 3.05) is 0 Å². The van der Waals surface area contributed by atoms with Gasteiger partial charge in [-0.3, -0.25) is 4.79 Å². The molecule has 1 aliphatic rings. The number of aliphatic hydroxyl groups is 1. The van der Waals surface area contributed by atoms with Gasteiger partial charge in [-0.2, -0.15) is 0 Å². The monoisotopic (exact) mass is 307 g/mol. The maximum atomic E-state index is 11.4. The maximum absolute atomic E-state index is 11.4. The van der Waals surface area contributed by atoms with Crippen molar-refractivity contribution in [1.29, 1.82) is 0 Å². The average Bonchev–Trinajstić information content (AvgIpc) is 2.52. The molecule has 1 amide bonds. The van der Waals surface area contributed by atoms with Crippen LogP contribution in [0.4, 0.5) is 0 Å². The minimum atomic E-state index is -0.613. The van der Waals surface area contributed by atoms with E-state index in [-0.39, 0.29) is 24.0 Å². The molecule has 1 aromatic carbocycles. The topological polar surface area (TPSA) is 67.8 Å². The van der Waals surface area contributed by atoms with E-state index in [4.69, 9.17) is 9.47 Å². The van der Waals surface area contributed by atoms with Gasteiger partial charge in [0, 0.05) is 12.8 Å². The van der Waals surface area contributed by atoms with Crippen LogP contribution in [0.2, 0.25) is 0 Å². The number of hydrogen-bond acceptors (Lipinski definition) is 4. The summed E-state index contributed by atoms with van der Waals surface area (Å²) in [4.78, 5) is 11.4. The van der Waals surface area contributed by atoms with E-state index in [1.165, 1.54) is 6.92 Å². The second kappa shape index (κ2) is 7.72. The third kappa shape index (κ3) is 4.06. The average molecular weight is 307 g/mol. The molecule has 1 saturated heterocycles. The van der Waals surface area contributed by atoms with E-state index in [0.29, 0.717) is 13.0 Å². The molecule has 2 rings (SSSR count). The van der Waals surface area contributed by atoms with Gasteiger partial charge in [-0.15, -0.1) is 0 Å². The lowest BCUT2D eigenvalue weighted by Crippen LogP contribution is -2.60. The van der Waals surface area contributed by atoms with Crippen LogP contribution < -0.4 is 5.32 Å². The molecule has 1 heterocycles. The number of carbonyl (C=O) groups excluding carboxylic acids is 1. The molecule has 1 aliphatic heterocycles. The van der Waals surface area contributed by atoms with Crippen molar-refractivity contribution in [2.24, 2.45) is 5.92 Å². The second-order valence-corrected chi connectivity index (χ2v) is 5.82. The number of rotatable bonds is 5. The molecular formula is C17H25NO4. The van der Waals surface area contributed by atoms with Crippen LogP contribution in [0.3, 0.4) is 0 Å². The SMILES string of the molecule is CCC1O[C@@H](OCc2ccccc2)C(NC(C)=O)[C@@H](C)[C@@H]1O. The summed E-state index contributed by atoms with van der Waals surface area (Å²) in [6, 6.07) is 9.45. The second-order valence-electron chi connectivity index (χ2n) is 5.82. The minimum absolute atomic E-state index is 0.136. The zero-order chi connectivity index (χ0) is 16.1. The van der Waals surface area contributed by atoms with Gasteiger partial charge in [0.15, 0.2) is 6.29 Å². The standard InChI is InChI=1S/C17H25NO4/c1-4-14-16(20)11(2)15(18-12(3)19)17(22-14)21-10-13-8-6-5-7-9-13/h5-9,11,14-17,20H,4,10H2,1-3H3,(H,18,19)/t11-,14?,15?,16+,17-/m1/s1. The molecule has 22 heavy (non-hydrogen) atoms.